The smallest absolute Gasteiger partial charge is 0.265 e. The summed E-state index contributed by atoms with van der Waals surface area (Å²) < 4.78 is 13.8. The van der Waals surface area contributed by atoms with Gasteiger partial charge in [0.05, 0.1) is 6.20 Å². The van der Waals surface area contributed by atoms with Gasteiger partial charge < -0.3 is 10.6 Å². The molecule has 2 aromatic rings. The van der Waals surface area contributed by atoms with Crippen LogP contribution >= 0.6 is 11.3 Å². The zero-order valence-corrected chi connectivity index (χ0v) is 13.4. The first-order valence-electron chi connectivity index (χ1n) is 7.89. The first-order chi connectivity index (χ1) is 11.1. The molecule has 23 heavy (non-hydrogen) atoms. The molecule has 4 nitrogen and oxygen atoms in total. The molecular formula is C17H18FN3OS. The SMILES string of the molecule is NC1CCC2CN(C(=O)c3cnc(-c4ccccc4F)s3)CC12. The van der Waals surface area contributed by atoms with Crippen LogP contribution in [0.25, 0.3) is 10.6 Å². The van der Waals surface area contributed by atoms with Crippen molar-refractivity contribution in [3.8, 4) is 10.6 Å². The number of hydrogen-bond donors (Lipinski definition) is 1. The monoisotopic (exact) mass is 331 g/mol. The predicted molar refractivity (Wildman–Crippen MR) is 87.6 cm³/mol. The minimum Gasteiger partial charge on any atom is -0.337 e. The lowest BCUT2D eigenvalue weighted by Gasteiger charge is -2.17. The molecule has 2 aliphatic rings. The summed E-state index contributed by atoms with van der Waals surface area (Å²) in [5, 5.41) is 0.544. The van der Waals surface area contributed by atoms with Gasteiger partial charge in [-0.3, -0.25) is 4.79 Å². The number of rotatable bonds is 2. The van der Waals surface area contributed by atoms with Gasteiger partial charge in [-0.15, -0.1) is 11.3 Å². The van der Waals surface area contributed by atoms with Gasteiger partial charge in [0.2, 0.25) is 0 Å². The van der Waals surface area contributed by atoms with Gasteiger partial charge in [0, 0.05) is 24.7 Å². The molecule has 1 aromatic heterocycles. The van der Waals surface area contributed by atoms with Crippen molar-refractivity contribution in [2.45, 2.75) is 18.9 Å². The van der Waals surface area contributed by atoms with Crippen LogP contribution in [0, 0.1) is 17.7 Å². The predicted octanol–water partition coefficient (Wildman–Crippen LogP) is 2.76. The molecule has 3 atom stereocenters. The van der Waals surface area contributed by atoms with Crippen LogP contribution in [0.2, 0.25) is 0 Å². The zero-order chi connectivity index (χ0) is 16.0. The van der Waals surface area contributed by atoms with E-state index in [9.17, 15) is 9.18 Å². The topological polar surface area (TPSA) is 59.2 Å². The van der Waals surface area contributed by atoms with Crippen LogP contribution < -0.4 is 5.73 Å². The molecule has 3 unspecified atom stereocenters. The van der Waals surface area contributed by atoms with E-state index in [1.54, 1.807) is 24.4 Å². The molecule has 120 valence electrons. The Bertz CT molecular complexity index is 747. The van der Waals surface area contributed by atoms with Gasteiger partial charge in [-0.1, -0.05) is 12.1 Å². The fraction of sp³-hybridized carbons (Fsp3) is 0.412. The Hall–Kier alpha value is -1.79. The summed E-state index contributed by atoms with van der Waals surface area (Å²) in [7, 11) is 0. The number of thiazole rings is 1. The Labute approximate surface area is 138 Å². The van der Waals surface area contributed by atoms with Crippen molar-refractivity contribution in [3.05, 3.63) is 41.2 Å². The summed E-state index contributed by atoms with van der Waals surface area (Å²) in [6.45, 7) is 1.52. The fourth-order valence-electron chi connectivity index (χ4n) is 3.76. The summed E-state index contributed by atoms with van der Waals surface area (Å²) in [4.78, 5) is 19.4. The van der Waals surface area contributed by atoms with Gasteiger partial charge in [-0.05, 0) is 36.8 Å². The number of amides is 1. The maximum atomic E-state index is 13.8. The minimum atomic E-state index is -0.317. The Kier molecular flexibility index (Phi) is 3.66. The lowest BCUT2D eigenvalue weighted by molar-refractivity contribution is 0.0784. The van der Waals surface area contributed by atoms with E-state index >= 15 is 0 Å². The number of carbonyl (C=O) groups excluding carboxylic acids is 1. The molecule has 2 N–H and O–H groups in total. The highest BCUT2D eigenvalue weighted by molar-refractivity contribution is 7.16. The van der Waals surface area contributed by atoms with Crippen LogP contribution in [0.15, 0.2) is 30.5 Å². The van der Waals surface area contributed by atoms with Gasteiger partial charge in [0.25, 0.3) is 5.91 Å². The van der Waals surface area contributed by atoms with Gasteiger partial charge in [-0.2, -0.15) is 0 Å². The molecule has 2 heterocycles. The Morgan fingerprint density at radius 3 is 2.91 bits per heavy atom. The molecule has 0 spiro atoms. The number of fused-ring (bicyclic) bond motifs is 1. The van der Waals surface area contributed by atoms with Crippen molar-refractivity contribution in [1.82, 2.24) is 9.88 Å². The second kappa shape index (κ2) is 5.69. The van der Waals surface area contributed by atoms with E-state index in [1.165, 1.54) is 17.4 Å². The average Bonchev–Trinajstić information content (AvgIpc) is 3.25. The summed E-state index contributed by atoms with van der Waals surface area (Å²) in [5.74, 6) is 0.639. The zero-order valence-electron chi connectivity index (χ0n) is 12.6. The van der Waals surface area contributed by atoms with E-state index in [4.69, 9.17) is 5.73 Å². The summed E-state index contributed by atoms with van der Waals surface area (Å²) in [6, 6.07) is 6.71. The van der Waals surface area contributed by atoms with Gasteiger partial charge >= 0.3 is 0 Å². The van der Waals surface area contributed by atoms with E-state index in [1.807, 2.05) is 4.90 Å². The van der Waals surface area contributed by atoms with Crippen LogP contribution in [0.5, 0.6) is 0 Å². The normalized spacial score (nSPS) is 26.5. The third-order valence-electron chi connectivity index (χ3n) is 5.02. The van der Waals surface area contributed by atoms with Crippen LogP contribution in [0.3, 0.4) is 0 Å². The molecule has 1 saturated heterocycles. The van der Waals surface area contributed by atoms with Crippen LogP contribution in [-0.2, 0) is 0 Å². The number of nitrogens with zero attached hydrogens (tertiary/aromatic N) is 2. The highest BCUT2D eigenvalue weighted by Gasteiger charge is 2.42. The number of carbonyl (C=O) groups is 1. The Morgan fingerprint density at radius 2 is 2.13 bits per heavy atom. The second-order valence-electron chi connectivity index (χ2n) is 6.38. The highest BCUT2D eigenvalue weighted by atomic mass is 32.1. The van der Waals surface area contributed by atoms with E-state index in [0.717, 1.165) is 25.9 Å². The molecule has 1 aromatic carbocycles. The molecule has 1 amide bonds. The van der Waals surface area contributed by atoms with Crippen molar-refractivity contribution in [2.75, 3.05) is 13.1 Å². The Balaban J connectivity index is 1.53. The van der Waals surface area contributed by atoms with Crippen molar-refractivity contribution in [2.24, 2.45) is 17.6 Å². The lowest BCUT2D eigenvalue weighted by atomic mass is 9.98. The Morgan fingerprint density at radius 1 is 1.30 bits per heavy atom. The molecule has 0 bridgehead atoms. The first-order valence-corrected chi connectivity index (χ1v) is 8.70. The number of halogens is 1. The molecule has 2 fully saturated rings. The van der Waals surface area contributed by atoms with Crippen molar-refractivity contribution in [1.29, 1.82) is 0 Å². The van der Waals surface area contributed by atoms with Crippen LogP contribution in [0.4, 0.5) is 4.39 Å². The summed E-state index contributed by atoms with van der Waals surface area (Å²) >= 11 is 1.25. The minimum absolute atomic E-state index is 0.00770. The third-order valence-corrected chi connectivity index (χ3v) is 6.04. The molecule has 1 saturated carbocycles. The number of nitrogens with two attached hydrogens (primary N) is 1. The largest absolute Gasteiger partial charge is 0.337 e. The van der Waals surface area contributed by atoms with Gasteiger partial charge in [0.1, 0.15) is 15.7 Å². The fourth-order valence-corrected chi connectivity index (χ4v) is 4.67. The average molecular weight is 331 g/mol. The van der Waals surface area contributed by atoms with Crippen molar-refractivity contribution >= 4 is 17.2 Å². The van der Waals surface area contributed by atoms with E-state index in [2.05, 4.69) is 4.98 Å². The molecule has 4 rings (SSSR count). The first kappa shape index (κ1) is 14.8. The molecule has 0 radical (unpaired) electrons. The molecule has 6 heteroatoms. The maximum absolute atomic E-state index is 13.8. The van der Waals surface area contributed by atoms with Crippen molar-refractivity contribution in [3.63, 3.8) is 0 Å². The second-order valence-corrected chi connectivity index (χ2v) is 7.42. The molecule has 1 aliphatic heterocycles. The molecule has 1 aliphatic carbocycles. The quantitative estimate of drug-likeness (QED) is 0.920. The lowest BCUT2D eigenvalue weighted by Crippen LogP contribution is -2.33. The van der Waals surface area contributed by atoms with Gasteiger partial charge in [0.15, 0.2) is 0 Å². The standard InChI is InChI=1S/C17H18FN3OS/c18-13-4-2-1-3-11(13)16-20-7-15(23-16)17(22)21-8-10-5-6-14(19)12(10)9-21/h1-4,7,10,12,14H,5-6,8-9,19H2. The van der Waals surface area contributed by atoms with E-state index in [-0.39, 0.29) is 17.8 Å². The maximum Gasteiger partial charge on any atom is 0.265 e. The third kappa shape index (κ3) is 2.56. The van der Waals surface area contributed by atoms with Crippen molar-refractivity contribution < 1.29 is 9.18 Å². The summed E-state index contributed by atoms with van der Waals surface area (Å²) in [5.41, 5.74) is 6.57. The van der Waals surface area contributed by atoms with Crippen LogP contribution in [0.1, 0.15) is 22.5 Å². The number of likely N-dealkylation sites (tertiary alicyclic amines) is 1. The van der Waals surface area contributed by atoms with E-state index in [0.29, 0.717) is 27.3 Å². The van der Waals surface area contributed by atoms with Crippen LogP contribution in [-0.4, -0.2) is 34.9 Å². The number of hydrogen-bond acceptors (Lipinski definition) is 4. The molecular weight excluding hydrogens is 313 g/mol. The number of benzene rings is 1. The highest BCUT2D eigenvalue weighted by Crippen LogP contribution is 2.38. The van der Waals surface area contributed by atoms with Gasteiger partial charge in [-0.25, -0.2) is 9.37 Å². The number of aromatic nitrogens is 1. The summed E-state index contributed by atoms with van der Waals surface area (Å²) in [6.07, 6.45) is 3.73. The van der Waals surface area contributed by atoms with E-state index < -0.39 is 0 Å².